The first-order chi connectivity index (χ1) is 14.9. The fraction of sp³-hybridized carbons (Fsp3) is 0.609. The molecule has 3 rings (SSSR count). The molecule has 1 heterocycles. The molecule has 0 bridgehead atoms. The van der Waals surface area contributed by atoms with E-state index in [1.165, 1.54) is 31.0 Å². The second-order valence-corrected chi connectivity index (χ2v) is 9.81. The van der Waals surface area contributed by atoms with Crippen molar-refractivity contribution >= 4 is 40.2 Å². The molecular weight excluding hydrogens is 434 g/mol. The lowest BCUT2D eigenvalue weighted by atomic mass is 9.94. The number of carbonyl (C=O) groups is 1. The number of ether oxygens (including phenoxy) is 1. The molecule has 1 amide bonds. The van der Waals surface area contributed by atoms with Gasteiger partial charge in [0.25, 0.3) is 5.56 Å². The average Bonchev–Trinajstić information content (AvgIpc) is 2.77. The van der Waals surface area contributed by atoms with Crippen molar-refractivity contribution in [2.24, 2.45) is 0 Å². The third-order valence-corrected chi connectivity index (χ3v) is 7.17. The molecule has 1 aromatic carbocycles. The van der Waals surface area contributed by atoms with E-state index in [0.29, 0.717) is 53.3 Å². The van der Waals surface area contributed by atoms with Crippen LogP contribution in [0.15, 0.2) is 28.2 Å². The number of amides is 1. The minimum atomic E-state index is -0.339. The first-order valence-corrected chi connectivity index (χ1v) is 12.4. The van der Waals surface area contributed by atoms with Gasteiger partial charge in [0.1, 0.15) is 0 Å². The van der Waals surface area contributed by atoms with E-state index in [4.69, 9.17) is 21.3 Å². The SMILES string of the molecule is CCOCCCn1c(SC(C)C(=O)N(C)C2CCCCC2)nc2cc(Cl)ccc2c1=O. The smallest absolute Gasteiger partial charge is 0.262 e. The Labute approximate surface area is 193 Å². The molecule has 31 heavy (non-hydrogen) atoms. The van der Waals surface area contributed by atoms with E-state index in [1.807, 2.05) is 25.8 Å². The number of aromatic nitrogens is 2. The molecule has 6 nitrogen and oxygen atoms in total. The molecule has 1 unspecified atom stereocenters. The molecular formula is C23H32ClN3O3S. The predicted octanol–water partition coefficient (Wildman–Crippen LogP) is 4.75. The Kier molecular flexibility index (Phi) is 8.81. The van der Waals surface area contributed by atoms with Crippen LogP contribution >= 0.6 is 23.4 Å². The Morgan fingerprint density at radius 2 is 2.10 bits per heavy atom. The normalized spacial score (nSPS) is 15.9. The van der Waals surface area contributed by atoms with Gasteiger partial charge in [-0.2, -0.15) is 0 Å². The highest BCUT2D eigenvalue weighted by atomic mass is 35.5. The van der Waals surface area contributed by atoms with Gasteiger partial charge in [-0.15, -0.1) is 0 Å². The van der Waals surface area contributed by atoms with Crippen LogP contribution in [0.3, 0.4) is 0 Å². The van der Waals surface area contributed by atoms with Crippen LogP contribution in [0.4, 0.5) is 0 Å². The molecule has 8 heteroatoms. The Hall–Kier alpha value is -1.57. The zero-order chi connectivity index (χ0) is 22.4. The van der Waals surface area contributed by atoms with Gasteiger partial charge in [-0.1, -0.05) is 42.6 Å². The van der Waals surface area contributed by atoms with Crippen molar-refractivity contribution in [2.75, 3.05) is 20.3 Å². The summed E-state index contributed by atoms with van der Waals surface area (Å²) in [6, 6.07) is 5.43. The van der Waals surface area contributed by atoms with Crippen LogP contribution in [0.25, 0.3) is 10.9 Å². The molecule has 1 aromatic heterocycles. The van der Waals surface area contributed by atoms with Gasteiger partial charge in [0, 0.05) is 37.9 Å². The summed E-state index contributed by atoms with van der Waals surface area (Å²) in [5.74, 6) is 0.0817. The Balaban J connectivity index is 1.85. The molecule has 0 radical (unpaired) electrons. The lowest BCUT2D eigenvalue weighted by Gasteiger charge is -2.32. The van der Waals surface area contributed by atoms with Gasteiger partial charge in [-0.05, 0) is 51.3 Å². The molecule has 0 aliphatic heterocycles. The van der Waals surface area contributed by atoms with Crippen molar-refractivity contribution in [3.8, 4) is 0 Å². The van der Waals surface area contributed by atoms with E-state index < -0.39 is 0 Å². The van der Waals surface area contributed by atoms with Gasteiger partial charge in [0.05, 0.1) is 16.2 Å². The highest BCUT2D eigenvalue weighted by molar-refractivity contribution is 8.00. The van der Waals surface area contributed by atoms with Gasteiger partial charge in [0.2, 0.25) is 5.91 Å². The summed E-state index contributed by atoms with van der Waals surface area (Å²) in [5.41, 5.74) is 0.447. The lowest BCUT2D eigenvalue weighted by molar-refractivity contribution is -0.131. The third kappa shape index (κ3) is 6.02. The molecule has 1 saturated carbocycles. The summed E-state index contributed by atoms with van der Waals surface area (Å²) < 4.78 is 7.11. The van der Waals surface area contributed by atoms with Crippen LogP contribution in [0.1, 0.15) is 52.4 Å². The standard InChI is InChI=1S/C23H32ClN3O3S/c1-4-30-14-8-13-27-22(29)19-12-11-17(24)15-20(19)25-23(27)31-16(2)21(28)26(3)18-9-6-5-7-10-18/h11-12,15-16,18H,4-10,13-14H2,1-3H3. The molecule has 0 N–H and O–H groups in total. The number of halogens is 1. The summed E-state index contributed by atoms with van der Waals surface area (Å²) in [7, 11) is 1.90. The molecule has 1 atom stereocenters. The van der Waals surface area contributed by atoms with Crippen molar-refractivity contribution < 1.29 is 9.53 Å². The molecule has 1 aliphatic rings. The fourth-order valence-corrected chi connectivity index (χ4v) is 5.28. The maximum absolute atomic E-state index is 13.2. The maximum atomic E-state index is 13.2. The number of nitrogens with zero attached hydrogens (tertiary/aromatic N) is 3. The topological polar surface area (TPSA) is 64.4 Å². The number of benzene rings is 1. The molecule has 0 saturated heterocycles. The predicted molar refractivity (Wildman–Crippen MR) is 127 cm³/mol. The summed E-state index contributed by atoms with van der Waals surface area (Å²) in [6.07, 6.45) is 6.43. The Bertz CT molecular complexity index is 959. The number of hydrogen-bond acceptors (Lipinski definition) is 5. The second-order valence-electron chi connectivity index (χ2n) is 8.06. The van der Waals surface area contributed by atoms with Crippen LogP contribution in [0, 0.1) is 0 Å². The molecule has 1 aliphatic carbocycles. The average molecular weight is 466 g/mol. The fourth-order valence-electron chi connectivity index (χ4n) is 4.07. The van der Waals surface area contributed by atoms with Crippen molar-refractivity contribution in [3.05, 3.63) is 33.6 Å². The minimum Gasteiger partial charge on any atom is -0.382 e. The Morgan fingerprint density at radius 3 is 2.81 bits per heavy atom. The highest BCUT2D eigenvalue weighted by Crippen LogP contribution is 2.28. The first kappa shape index (κ1) is 24.1. The zero-order valence-electron chi connectivity index (χ0n) is 18.6. The zero-order valence-corrected chi connectivity index (χ0v) is 20.2. The van der Waals surface area contributed by atoms with Crippen molar-refractivity contribution in [1.29, 1.82) is 0 Å². The second kappa shape index (κ2) is 11.3. The molecule has 2 aromatic rings. The maximum Gasteiger partial charge on any atom is 0.262 e. The number of fused-ring (bicyclic) bond motifs is 1. The van der Waals surface area contributed by atoms with Crippen LogP contribution in [-0.2, 0) is 16.1 Å². The van der Waals surface area contributed by atoms with Crippen molar-refractivity contribution in [1.82, 2.24) is 14.5 Å². The van der Waals surface area contributed by atoms with Crippen LogP contribution < -0.4 is 5.56 Å². The van der Waals surface area contributed by atoms with E-state index in [1.54, 1.807) is 22.8 Å². The van der Waals surface area contributed by atoms with Crippen LogP contribution in [-0.4, -0.2) is 51.9 Å². The summed E-state index contributed by atoms with van der Waals surface area (Å²) >= 11 is 7.48. The quantitative estimate of drug-likeness (QED) is 0.304. The lowest BCUT2D eigenvalue weighted by Crippen LogP contribution is -2.42. The molecule has 0 spiro atoms. The van der Waals surface area contributed by atoms with E-state index in [-0.39, 0.29) is 16.7 Å². The van der Waals surface area contributed by atoms with E-state index >= 15 is 0 Å². The van der Waals surface area contributed by atoms with E-state index in [9.17, 15) is 9.59 Å². The molecule has 1 fully saturated rings. The Morgan fingerprint density at radius 1 is 1.35 bits per heavy atom. The van der Waals surface area contributed by atoms with Crippen molar-refractivity contribution in [2.45, 2.75) is 75.4 Å². The van der Waals surface area contributed by atoms with Gasteiger partial charge < -0.3 is 9.64 Å². The molecule has 170 valence electrons. The summed E-state index contributed by atoms with van der Waals surface area (Å²) in [5, 5.41) is 1.27. The number of thioether (sulfide) groups is 1. The monoisotopic (exact) mass is 465 g/mol. The van der Waals surface area contributed by atoms with E-state index in [2.05, 4.69) is 0 Å². The van der Waals surface area contributed by atoms with Crippen LogP contribution in [0.2, 0.25) is 5.02 Å². The summed E-state index contributed by atoms with van der Waals surface area (Å²) in [4.78, 5) is 32.9. The minimum absolute atomic E-state index is 0.0817. The van der Waals surface area contributed by atoms with Gasteiger partial charge in [-0.3, -0.25) is 14.2 Å². The van der Waals surface area contributed by atoms with Gasteiger partial charge >= 0.3 is 0 Å². The van der Waals surface area contributed by atoms with Gasteiger partial charge in [-0.25, -0.2) is 4.98 Å². The van der Waals surface area contributed by atoms with Crippen molar-refractivity contribution in [3.63, 3.8) is 0 Å². The number of carbonyl (C=O) groups excluding carboxylic acids is 1. The largest absolute Gasteiger partial charge is 0.382 e. The van der Waals surface area contributed by atoms with Gasteiger partial charge in [0.15, 0.2) is 5.16 Å². The van der Waals surface area contributed by atoms with Crippen LogP contribution in [0.5, 0.6) is 0 Å². The first-order valence-electron chi connectivity index (χ1n) is 11.1. The number of hydrogen-bond donors (Lipinski definition) is 0. The third-order valence-electron chi connectivity index (χ3n) is 5.86. The van der Waals surface area contributed by atoms with E-state index in [0.717, 1.165) is 12.8 Å². The summed E-state index contributed by atoms with van der Waals surface area (Å²) in [6.45, 7) is 5.55. The highest BCUT2D eigenvalue weighted by Gasteiger charge is 2.27. The number of rotatable bonds is 9.